The Bertz CT molecular complexity index is 673. The monoisotopic (exact) mass is 329 g/mol. The summed E-state index contributed by atoms with van der Waals surface area (Å²) in [5.74, 6) is -0.383. The van der Waals surface area contributed by atoms with Crippen molar-refractivity contribution in [1.29, 1.82) is 0 Å². The lowest BCUT2D eigenvalue weighted by Gasteiger charge is -2.42. The molecule has 1 aromatic carbocycles. The van der Waals surface area contributed by atoms with Crippen LogP contribution < -0.4 is 11.1 Å². The SMILES string of the molecule is C[C@H]1CCC[C@H](C)C12NC(=O)N(Cc1ccc(C(N)=O)cc1)C2=O. The van der Waals surface area contributed by atoms with Crippen LogP contribution in [0.1, 0.15) is 49.0 Å². The van der Waals surface area contributed by atoms with Gasteiger partial charge in [0.2, 0.25) is 5.91 Å². The highest BCUT2D eigenvalue weighted by Crippen LogP contribution is 2.42. The molecule has 1 saturated heterocycles. The van der Waals surface area contributed by atoms with Gasteiger partial charge in [0.25, 0.3) is 5.91 Å². The Labute approximate surface area is 141 Å². The number of rotatable bonds is 3. The number of hydrogen-bond acceptors (Lipinski definition) is 3. The number of carbonyl (C=O) groups is 3. The van der Waals surface area contributed by atoms with Gasteiger partial charge in [-0.05, 0) is 42.4 Å². The van der Waals surface area contributed by atoms with Gasteiger partial charge in [-0.1, -0.05) is 32.4 Å². The van der Waals surface area contributed by atoms with E-state index in [0.29, 0.717) is 5.56 Å². The van der Waals surface area contributed by atoms with Crippen LogP contribution in [-0.2, 0) is 11.3 Å². The molecule has 1 heterocycles. The molecule has 6 nitrogen and oxygen atoms in total. The predicted molar refractivity (Wildman–Crippen MR) is 89.0 cm³/mol. The zero-order chi connectivity index (χ0) is 17.5. The van der Waals surface area contributed by atoms with E-state index < -0.39 is 11.4 Å². The van der Waals surface area contributed by atoms with Crippen LogP contribution in [0.2, 0.25) is 0 Å². The van der Waals surface area contributed by atoms with Crippen LogP contribution in [0.15, 0.2) is 24.3 Å². The topological polar surface area (TPSA) is 92.5 Å². The minimum Gasteiger partial charge on any atom is -0.366 e. The average Bonchev–Trinajstić information content (AvgIpc) is 2.79. The molecular weight excluding hydrogens is 306 g/mol. The predicted octanol–water partition coefficient (Wildman–Crippen LogP) is 2.03. The summed E-state index contributed by atoms with van der Waals surface area (Å²) in [6, 6.07) is 6.33. The standard InChI is InChI=1S/C18H23N3O3/c1-11-4-3-5-12(2)18(11)16(23)21(17(24)20-18)10-13-6-8-14(9-7-13)15(19)22/h6-9,11-12H,3-5,10H2,1-2H3,(H2,19,22)(H,20,24)/t11-,12-/m0/s1. The summed E-state index contributed by atoms with van der Waals surface area (Å²) in [4.78, 5) is 37.9. The highest BCUT2D eigenvalue weighted by atomic mass is 16.2. The fraction of sp³-hybridized carbons (Fsp3) is 0.500. The van der Waals surface area contributed by atoms with Crippen LogP contribution in [-0.4, -0.2) is 28.3 Å². The third-order valence-electron chi connectivity index (χ3n) is 5.57. The highest BCUT2D eigenvalue weighted by molar-refractivity contribution is 6.07. The highest BCUT2D eigenvalue weighted by Gasteiger charge is 2.58. The van der Waals surface area contributed by atoms with Crippen LogP contribution in [0.25, 0.3) is 0 Å². The largest absolute Gasteiger partial charge is 0.366 e. The molecule has 1 aromatic rings. The summed E-state index contributed by atoms with van der Waals surface area (Å²) in [7, 11) is 0. The van der Waals surface area contributed by atoms with E-state index in [4.69, 9.17) is 5.73 Å². The van der Waals surface area contributed by atoms with E-state index in [0.717, 1.165) is 24.8 Å². The molecule has 1 saturated carbocycles. The zero-order valence-corrected chi connectivity index (χ0v) is 14.0. The lowest BCUT2D eigenvalue weighted by Crippen LogP contribution is -2.58. The maximum Gasteiger partial charge on any atom is 0.325 e. The number of urea groups is 1. The fourth-order valence-corrected chi connectivity index (χ4v) is 4.05. The molecule has 2 fully saturated rings. The molecule has 4 amide bonds. The molecule has 128 valence electrons. The lowest BCUT2D eigenvalue weighted by atomic mass is 9.67. The number of hydrogen-bond donors (Lipinski definition) is 2. The van der Waals surface area contributed by atoms with Crippen molar-refractivity contribution in [3.8, 4) is 0 Å². The van der Waals surface area contributed by atoms with Crippen molar-refractivity contribution in [1.82, 2.24) is 10.2 Å². The van der Waals surface area contributed by atoms with Gasteiger partial charge in [-0.3, -0.25) is 14.5 Å². The first-order valence-corrected chi connectivity index (χ1v) is 8.39. The molecule has 0 aromatic heterocycles. The smallest absolute Gasteiger partial charge is 0.325 e. The Kier molecular flexibility index (Phi) is 4.07. The maximum absolute atomic E-state index is 13.1. The molecule has 0 unspecified atom stereocenters. The van der Waals surface area contributed by atoms with Crippen LogP contribution >= 0.6 is 0 Å². The van der Waals surface area contributed by atoms with Crippen molar-refractivity contribution in [2.75, 3.05) is 0 Å². The van der Waals surface area contributed by atoms with Crippen LogP contribution in [0.4, 0.5) is 4.79 Å². The van der Waals surface area contributed by atoms with E-state index in [-0.39, 0.29) is 30.3 Å². The van der Waals surface area contributed by atoms with E-state index >= 15 is 0 Å². The summed E-state index contributed by atoms with van der Waals surface area (Å²) in [6.45, 7) is 4.28. The summed E-state index contributed by atoms with van der Waals surface area (Å²) in [6.07, 6.45) is 2.97. The van der Waals surface area contributed by atoms with Gasteiger partial charge < -0.3 is 11.1 Å². The zero-order valence-electron chi connectivity index (χ0n) is 14.0. The number of imide groups is 1. The minimum atomic E-state index is -0.775. The lowest BCUT2D eigenvalue weighted by molar-refractivity contribution is -0.136. The third kappa shape index (κ3) is 2.46. The summed E-state index contributed by atoms with van der Waals surface area (Å²) in [5, 5.41) is 2.98. The van der Waals surface area contributed by atoms with E-state index in [1.54, 1.807) is 24.3 Å². The van der Waals surface area contributed by atoms with E-state index in [2.05, 4.69) is 5.32 Å². The molecule has 24 heavy (non-hydrogen) atoms. The van der Waals surface area contributed by atoms with Gasteiger partial charge in [-0.15, -0.1) is 0 Å². The summed E-state index contributed by atoms with van der Waals surface area (Å²) in [5.41, 5.74) is 5.65. The van der Waals surface area contributed by atoms with Crippen molar-refractivity contribution in [2.45, 2.75) is 45.2 Å². The molecule has 3 N–H and O–H groups in total. The van der Waals surface area contributed by atoms with Gasteiger partial charge in [0.15, 0.2) is 0 Å². The number of nitrogens with zero attached hydrogens (tertiary/aromatic N) is 1. The Balaban J connectivity index is 1.83. The van der Waals surface area contributed by atoms with E-state index in [1.807, 2.05) is 13.8 Å². The molecule has 0 radical (unpaired) electrons. The molecule has 2 atom stereocenters. The second-order valence-corrected chi connectivity index (χ2v) is 6.98. The van der Waals surface area contributed by atoms with Gasteiger partial charge in [0.05, 0.1) is 6.54 Å². The fourth-order valence-electron chi connectivity index (χ4n) is 4.05. The molecule has 1 aliphatic carbocycles. The second-order valence-electron chi connectivity index (χ2n) is 6.98. The number of carbonyl (C=O) groups excluding carboxylic acids is 3. The van der Waals surface area contributed by atoms with Gasteiger partial charge in [0, 0.05) is 5.56 Å². The number of primary amides is 1. The van der Waals surface area contributed by atoms with Crippen molar-refractivity contribution in [2.24, 2.45) is 17.6 Å². The van der Waals surface area contributed by atoms with Crippen molar-refractivity contribution >= 4 is 17.8 Å². The Morgan fingerprint density at radius 3 is 2.33 bits per heavy atom. The van der Waals surface area contributed by atoms with Crippen LogP contribution in [0.5, 0.6) is 0 Å². The molecule has 3 rings (SSSR count). The van der Waals surface area contributed by atoms with Crippen molar-refractivity contribution in [3.63, 3.8) is 0 Å². The average molecular weight is 329 g/mol. The molecule has 2 aliphatic rings. The van der Waals surface area contributed by atoms with Gasteiger partial charge in [-0.25, -0.2) is 4.79 Å². The van der Waals surface area contributed by atoms with Gasteiger partial charge in [-0.2, -0.15) is 0 Å². The molecule has 1 aliphatic heterocycles. The Hall–Kier alpha value is -2.37. The number of nitrogens with one attached hydrogen (secondary N) is 1. The number of amides is 4. The van der Waals surface area contributed by atoms with E-state index in [1.165, 1.54) is 4.90 Å². The van der Waals surface area contributed by atoms with Gasteiger partial charge in [0.1, 0.15) is 5.54 Å². The molecular formula is C18H23N3O3. The summed E-state index contributed by atoms with van der Waals surface area (Å²) >= 11 is 0. The normalized spacial score (nSPS) is 25.8. The van der Waals surface area contributed by atoms with Crippen LogP contribution in [0.3, 0.4) is 0 Å². The van der Waals surface area contributed by atoms with E-state index in [9.17, 15) is 14.4 Å². The van der Waals surface area contributed by atoms with Gasteiger partial charge >= 0.3 is 6.03 Å². The third-order valence-corrected chi connectivity index (χ3v) is 5.57. The first-order valence-electron chi connectivity index (χ1n) is 8.39. The Morgan fingerprint density at radius 2 is 1.79 bits per heavy atom. The minimum absolute atomic E-state index is 0.125. The molecule has 0 bridgehead atoms. The van der Waals surface area contributed by atoms with Crippen LogP contribution in [0, 0.1) is 11.8 Å². The second kappa shape index (κ2) is 5.92. The Morgan fingerprint density at radius 1 is 1.21 bits per heavy atom. The first kappa shape index (κ1) is 16.5. The van der Waals surface area contributed by atoms with Crippen molar-refractivity contribution < 1.29 is 14.4 Å². The molecule has 6 heteroatoms. The quantitative estimate of drug-likeness (QED) is 0.831. The number of benzene rings is 1. The summed E-state index contributed by atoms with van der Waals surface area (Å²) < 4.78 is 0. The first-order chi connectivity index (χ1) is 11.4. The number of nitrogens with two attached hydrogens (primary N) is 1. The maximum atomic E-state index is 13.1. The molecule has 1 spiro atoms. The van der Waals surface area contributed by atoms with Crippen molar-refractivity contribution in [3.05, 3.63) is 35.4 Å².